The molecule has 1 heterocycles. The molecule has 0 bridgehead atoms. The van der Waals surface area contributed by atoms with Gasteiger partial charge in [0.15, 0.2) is 0 Å². The van der Waals surface area contributed by atoms with E-state index in [0.717, 1.165) is 0 Å². The van der Waals surface area contributed by atoms with E-state index in [-0.39, 0.29) is 0 Å². The first-order chi connectivity index (χ1) is 5.57. The first-order valence-electron chi connectivity index (χ1n) is 3.19. The summed E-state index contributed by atoms with van der Waals surface area (Å²) >= 11 is 1.58. The van der Waals surface area contributed by atoms with Crippen molar-refractivity contribution in [3.05, 3.63) is 0 Å². The maximum atomic E-state index is 11.6. The first kappa shape index (κ1) is 10.5. The number of hydrogen-bond donors (Lipinski definition) is 3. The van der Waals surface area contributed by atoms with Crippen molar-refractivity contribution in [3.8, 4) is 0 Å². The molecule has 0 spiro atoms. The molecule has 0 aromatic carbocycles. The fraction of sp³-hybridized carbons (Fsp3) is 1.00. The molecule has 2 unspecified atom stereocenters. The standard InChI is InChI=1S/C5H8FIO5/c6-12-5-2(9)1(8)3(11-5)4(7)10/h1-5,8-10H/t1-,2-,3-,4?,5?/m0/s1. The summed E-state index contributed by atoms with van der Waals surface area (Å²) in [6.07, 6.45) is -5.35. The normalized spacial score (nSPS) is 44.8. The maximum absolute atomic E-state index is 11.6. The van der Waals surface area contributed by atoms with Crippen LogP contribution in [0, 0.1) is 0 Å². The van der Waals surface area contributed by atoms with Crippen LogP contribution in [-0.2, 0) is 9.68 Å². The van der Waals surface area contributed by atoms with Crippen LogP contribution in [0.25, 0.3) is 0 Å². The number of aliphatic hydroxyl groups excluding tert-OH is 3. The molecule has 72 valence electrons. The summed E-state index contributed by atoms with van der Waals surface area (Å²) < 4.78 is 15.2. The Labute approximate surface area is 81.1 Å². The highest BCUT2D eigenvalue weighted by atomic mass is 127. The Morgan fingerprint density at radius 2 is 2.00 bits per heavy atom. The summed E-state index contributed by atoms with van der Waals surface area (Å²) in [5, 5.41) is 27.1. The van der Waals surface area contributed by atoms with Crippen LogP contribution in [0.1, 0.15) is 0 Å². The van der Waals surface area contributed by atoms with Crippen LogP contribution in [0.5, 0.6) is 0 Å². The summed E-state index contributed by atoms with van der Waals surface area (Å²) in [6, 6.07) is 0. The van der Waals surface area contributed by atoms with E-state index in [9.17, 15) is 4.53 Å². The zero-order valence-corrected chi connectivity index (χ0v) is 7.96. The SMILES string of the molecule is OC(I)[C@H]1OC(OF)[C@@H](O)[C@@H]1O. The Hall–Kier alpha value is 0.460. The van der Waals surface area contributed by atoms with Gasteiger partial charge in [0.2, 0.25) is 6.29 Å². The van der Waals surface area contributed by atoms with E-state index in [1.807, 2.05) is 0 Å². The minimum atomic E-state index is -1.52. The molecule has 3 N–H and O–H groups in total. The molecule has 0 aromatic heterocycles. The van der Waals surface area contributed by atoms with E-state index in [4.69, 9.17) is 15.3 Å². The molecule has 5 atom stereocenters. The summed E-state index contributed by atoms with van der Waals surface area (Å²) in [5.41, 5.74) is 0. The van der Waals surface area contributed by atoms with Crippen molar-refractivity contribution in [1.29, 1.82) is 0 Å². The number of hydrogen-bond acceptors (Lipinski definition) is 5. The van der Waals surface area contributed by atoms with Crippen LogP contribution in [0.2, 0.25) is 0 Å². The molecular weight excluding hydrogens is 286 g/mol. The van der Waals surface area contributed by atoms with Gasteiger partial charge in [-0.3, -0.25) is 0 Å². The number of halogens is 2. The molecule has 0 aliphatic carbocycles. The third-order valence-corrected chi connectivity index (χ3v) is 2.32. The minimum absolute atomic E-state index is 1.02. The van der Waals surface area contributed by atoms with Crippen LogP contribution in [0.3, 0.4) is 0 Å². The molecule has 12 heavy (non-hydrogen) atoms. The topological polar surface area (TPSA) is 79.2 Å². The molecular formula is C5H8FIO5. The molecule has 1 aliphatic rings. The molecule has 0 radical (unpaired) electrons. The Balaban J connectivity index is 2.60. The van der Waals surface area contributed by atoms with E-state index in [1.54, 1.807) is 22.6 Å². The van der Waals surface area contributed by atoms with Gasteiger partial charge < -0.3 is 20.1 Å². The van der Waals surface area contributed by atoms with Gasteiger partial charge in [-0.05, 0) is 27.1 Å². The van der Waals surface area contributed by atoms with Gasteiger partial charge in [0.1, 0.15) is 22.4 Å². The first-order valence-corrected chi connectivity index (χ1v) is 4.43. The summed E-state index contributed by atoms with van der Waals surface area (Å²) in [6.45, 7) is 0. The second-order valence-electron chi connectivity index (χ2n) is 2.41. The van der Waals surface area contributed by atoms with Gasteiger partial charge in [-0.25, -0.2) is 0 Å². The minimum Gasteiger partial charge on any atom is -0.387 e. The van der Waals surface area contributed by atoms with E-state index < -0.39 is 28.7 Å². The molecule has 0 saturated carbocycles. The number of rotatable bonds is 2. The van der Waals surface area contributed by atoms with Crippen molar-refractivity contribution in [2.45, 2.75) is 28.7 Å². The molecule has 1 aliphatic heterocycles. The van der Waals surface area contributed by atoms with Crippen molar-refractivity contribution in [3.63, 3.8) is 0 Å². The van der Waals surface area contributed by atoms with Crippen molar-refractivity contribution in [1.82, 2.24) is 0 Å². The average molecular weight is 294 g/mol. The van der Waals surface area contributed by atoms with Crippen molar-refractivity contribution >= 4 is 22.6 Å². The zero-order valence-electron chi connectivity index (χ0n) is 5.80. The Bertz CT molecular complexity index is 157. The summed E-state index contributed by atoms with van der Waals surface area (Å²) in [7, 11) is 0. The molecule has 5 nitrogen and oxygen atoms in total. The zero-order chi connectivity index (χ0) is 9.30. The molecule has 1 saturated heterocycles. The lowest BCUT2D eigenvalue weighted by atomic mass is 10.1. The van der Waals surface area contributed by atoms with E-state index in [1.165, 1.54) is 0 Å². The second-order valence-corrected chi connectivity index (χ2v) is 3.69. The average Bonchev–Trinajstić information content (AvgIpc) is 2.30. The van der Waals surface area contributed by atoms with Gasteiger partial charge in [-0.1, -0.05) is 0 Å². The lowest BCUT2D eigenvalue weighted by Crippen LogP contribution is -2.36. The van der Waals surface area contributed by atoms with E-state index in [0.29, 0.717) is 0 Å². The van der Waals surface area contributed by atoms with Crippen LogP contribution >= 0.6 is 22.6 Å². The Morgan fingerprint density at radius 3 is 2.25 bits per heavy atom. The Kier molecular flexibility index (Phi) is 3.61. The van der Waals surface area contributed by atoms with Crippen molar-refractivity contribution < 1.29 is 29.5 Å². The molecule has 1 fully saturated rings. The number of aliphatic hydroxyl groups is 3. The second kappa shape index (κ2) is 4.11. The summed E-state index contributed by atoms with van der Waals surface area (Å²) in [4.78, 5) is 3.23. The van der Waals surface area contributed by atoms with Gasteiger partial charge in [0.25, 0.3) is 0 Å². The molecule has 0 aromatic rings. The fourth-order valence-electron chi connectivity index (χ4n) is 0.972. The molecule has 0 amide bonds. The van der Waals surface area contributed by atoms with Gasteiger partial charge in [0, 0.05) is 0 Å². The third kappa shape index (κ3) is 1.86. The van der Waals surface area contributed by atoms with E-state index in [2.05, 4.69) is 9.68 Å². The quantitative estimate of drug-likeness (QED) is 0.454. The Morgan fingerprint density at radius 1 is 1.42 bits per heavy atom. The van der Waals surface area contributed by atoms with Gasteiger partial charge >= 0.3 is 0 Å². The highest BCUT2D eigenvalue weighted by molar-refractivity contribution is 14.1. The van der Waals surface area contributed by atoms with Gasteiger partial charge in [-0.2, -0.15) is 4.94 Å². The molecule has 7 heteroatoms. The van der Waals surface area contributed by atoms with Crippen molar-refractivity contribution in [2.75, 3.05) is 0 Å². The smallest absolute Gasteiger partial charge is 0.226 e. The lowest BCUT2D eigenvalue weighted by Gasteiger charge is -2.14. The fourth-order valence-corrected chi connectivity index (χ4v) is 1.57. The van der Waals surface area contributed by atoms with Crippen LogP contribution in [0.15, 0.2) is 0 Å². The highest BCUT2D eigenvalue weighted by Gasteiger charge is 2.46. The number of ether oxygens (including phenoxy) is 1. The van der Waals surface area contributed by atoms with E-state index >= 15 is 0 Å². The third-order valence-electron chi connectivity index (χ3n) is 1.62. The van der Waals surface area contributed by atoms with Gasteiger partial charge in [0.05, 0.1) is 0 Å². The predicted molar refractivity (Wildman–Crippen MR) is 42.9 cm³/mol. The number of alkyl halides is 1. The van der Waals surface area contributed by atoms with Crippen LogP contribution < -0.4 is 0 Å². The highest BCUT2D eigenvalue weighted by Crippen LogP contribution is 2.26. The molecule has 1 rings (SSSR count). The predicted octanol–water partition coefficient (Wildman–Crippen LogP) is -0.912. The monoisotopic (exact) mass is 294 g/mol. The maximum Gasteiger partial charge on any atom is 0.226 e. The van der Waals surface area contributed by atoms with Crippen molar-refractivity contribution in [2.24, 2.45) is 0 Å². The lowest BCUT2D eigenvalue weighted by molar-refractivity contribution is -0.288. The van der Waals surface area contributed by atoms with Crippen LogP contribution in [0.4, 0.5) is 4.53 Å². The van der Waals surface area contributed by atoms with Gasteiger partial charge in [-0.15, -0.1) is 0 Å². The largest absolute Gasteiger partial charge is 0.387 e. The summed E-state index contributed by atoms with van der Waals surface area (Å²) in [5.74, 6) is 0. The van der Waals surface area contributed by atoms with Crippen LogP contribution in [-0.4, -0.2) is 44.0 Å².